The summed E-state index contributed by atoms with van der Waals surface area (Å²) < 4.78 is 5.31. The fraction of sp³-hybridized carbons (Fsp3) is 0.375. The topological polar surface area (TPSA) is 91.2 Å². The lowest BCUT2D eigenvalue weighted by molar-refractivity contribution is -0.138. The van der Waals surface area contributed by atoms with Gasteiger partial charge in [0.1, 0.15) is 0 Å². The Balaban J connectivity index is 1.37. The second-order valence-electron chi connectivity index (χ2n) is 8.08. The number of nitrogens with one attached hydrogen (secondary N) is 1. The number of carboxylic acid groups (broad SMARTS) is 1. The summed E-state index contributed by atoms with van der Waals surface area (Å²) in [5.74, 6) is -0.770. The van der Waals surface area contributed by atoms with Gasteiger partial charge in [-0.25, -0.2) is 0 Å². The van der Waals surface area contributed by atoms with E-state index >= 15 is 0 Å². The molecule has 1 unspecified atom stereocenters. The number of anilines is 1. The van der Waals surface area contributed by atoms with Crippen LogP contribution in [0.5, 0.6) is 0 Å². The predicted molar refractivity (Wildman–Crippen MR) is 119 cm³/mol. The maximum Gasteiger partial charge on any atom is 0.303 e. The largest absolute Gasteiger partial charge is 0.481 e. The molecule has 2 aliphatic rings. The molecule has 2 aromatic rings. The van der Waals surface area contributed by atoms with Crippen LogP contribution < -0.4 is 5.32 Å². The molecule has 7 heteroatoms. The van der Waals surface area contributed by atoms with Crippen LogP contribution in [0.3, 0.4) is 0 Å². The molecule has 1 saturated heterocycles. The van der Waals surface area contributed by atoms with Crippen LogP contribution in [0.4, 0.5) is 5.69 Å². The van der Waals surface area contributed by atoms with Crippen molar-refractivity contribution in [2.75, 3.05) is 31.6 Å². The lowest BCUT2D eigenvalue weighted by Gasteiger charge is -2.24. The highest BCUT2D eigenvalue weighted by Gasteiger charge is 2.21. The summed E-state index contributed by atoms with van der Waals surface area (Å²) in [6, 6.07) is 13.3. The van der Waals surface area contributed by atoms with Gasteiger partial charge in [-0.2, -0.15) is 5.10 Å². The Morgan fingerprint density at radius 3 is 2.65 bits per heavy atom. The van der Waals surface area contributed by atoms with Crippen molar-refractivity contribution < 1.29 is 19.4 Å². The molecule has 0 saturated carbocycles. The third-order valence-corrected chi connectivity index (χ3v) is 5.79. The minimum absolute atomic E-state index is 0.155. The van der Waals surface area contributed by atoms with E-state index in [1.165, 1.54) is 5.56 Å². The maximum absolute atomic E-state index is 12.7. The predicted octanol–water partition coefficient (Wildman–Crippen LogP) is 3.18. The van der Waals surface area contributed by atoms with Gasteiger partial charge in [-0.15, -0.1) is 0 Å². The van der Waals surface area contributed by atoms with Gasteiger partial charge >= 0.3 is 5.97 Å². The van der Waals surface area contributed by atoms with Crippen LogP contribution in [-0.2, 0) is 22.4 Å². The van der Waals surface area contributed by atoms with Crippen molar-refractivity contribution in [3.63, 3.8) is 0 Å². The highest BCUT2D eigenvalue weighted by atomic mass is 16.5. The number of benzene rings is 2. The quantitative estimate of drug-likeness (QED) is 0.699. The molecule has 162 valence electrons. The van der Waals surface area contributed by atoms with Crippen LogP contribution in [0.15, 0.2) is 47.6 Å². The number of hydrazone groups is 1. The normalized spacial score (nSPS) is 18.6. The van der Waals surface area contributed by atoms with Crippen LogP contribution >= 0.6 is 0 Å². The average molecular weight is 421 g/mol. The Morgan fingerprint density at radius 2 is 1.90 bits per heavy atom. The Hall–Kier alpha value is -3.19. The molecule has 1 fully saturated rings. The second kappa shape index (κ2) is 9.75. The van der Waals surface area contributed by atoms with Crippen molar-refractivity contribution in [1.29, 1.82) is 0 Å². The molecule has 1 atom stereocenters. The number of aliphatic carboxylic acids is 1. The molecule has 1 aliphatic heterocycles. The van der Waals surface area contributed by atoms with Crippen LogP contribution in [0, 0.1) is 5.92 Å². The van der Waals surface area contributed by atoms with E-state index in [4.69, 9.17) is 9.84 Å². The van der Waals surface area contributed by atoms with Crippen molar-refractivity contribution in [3.05, 3.63) is 64.7 Å². The van der Waals surface area contributed by atoms with E-state index in [0.717, 1.165) is 49.2 Å². The summed E-state index contributed by atoms with van der Waals surface area (Å²) in [4.78, 5) is 23.7. The van der Waals surface area contributed by atoms with E-state index in [0.29, 0.717) is 18.8 Å². The van der Waals surface area contributed by atoms with E-state index in [1.807, 2.05) is 35.3 Å². The number of rotatable bonds is 6. The number of fused-ring (bicyclic) bond motifs is 1. The van der Waals surface area contributed by atoms with Gasteiger partial charge in [0, 0.05) is 17.7 Å². The molecule has 2 aromatic carbocycles. The fourth-order valence-corrected chi connectivity index (χ4v) is 4.07. The number of ether oxygens (including phenoxy) is 1. The molecular weight excluding hydrogens is 394 g/mol. The number of amides is 1. The fourth-order valence-electron chi connectivity index (χ4n) is 4.07. The van der Waals surface area contributed by atoms with Gasteiger partial charge in [-0.05, 0) is 66.1 Å². The average Bonchev–Trinajstić information content (AvgIpc) is 2.78. The summed E-state index contributed by atoms with van der Waals surface area (Å²) in [6.45, 7) is 2.96. The number of carboxylic acids is 1. The van der Waals surface area contributed by atoms with E-state index in [1.54, 1.807) is 18.3 Å². The van der Waals surface area contributed by atoms with E-state index < -0.39 is 5.97 Å². The van der Waals surface area contributed by atoms with E-state index in [2.05, 4.69) is 10.4 Å². The van der Waals surface area contributed by atoms with Gasteiger partial charge in [0.2, 0.25) is 0 Å². The number of nitrogens with zero attached hydrogens (tertiary/aromatic N) is 2. The first-order valence-corrected chi connectivity index (χ1v) is 10.7. The summed E-state index contributed by atoms with van der Waals surface area (Å²) in [7, 11) is 0. The number of carbonyl (C=O) groups is 2. The molecule has 0 aromatic heterocycles. The highest BCUT2D eigenvalue weighted by molar-refractivity contribution is 6.04. The molecule has 4 rings (SSSR count). The SMILES string of the molecule is O=C(O)CC1CCc2ccc(NC(=O)c3ccc(C=NN4CCOCC4)cc3)cc2C1. The van der Waals surface area contributed by atoms with Gasteiger partial charge in [0.15, 0.2) is 0 Å². The monoisotopic (exact) mass is 421 g/mol. The smallest absolute Gasteiger partial charge is 0.303 e. The Morgan fingerprint density at radius 1 is 1.13 bits per heavy atom. The van der Waals surface area contributed by atoms with Crippen LogP contribution in [0.2, 0.25) is 0 Å². The lowest BCUT2D eigenvalue weighted by atomic mass is 9.82. The molecule has 0 bridgehead atoms. The zero-order valence-corrected chi connectivity index (χ0v) is 17.4. The molecule has 31 heavy (non-hydrogen) atoms. The molecule has 1 aliphatic carbocycles. The molecule has 1 amide bonds. The summed E-state index contributed by atoms with van der Waals surface area (Å²) >= 11 is 0. The van der Waals surface area contributed by atoms with E-state index in [-0.39, 0.29) is 18.2 Å². The zero-order valence-electron chi connectivity index (χ0n) is 17.4. The molecule has 1 heterocycles. The van der Waals surface area contributed by atoms with Crippen molar-refractivity contribution in [2.24, 2.45) is 11.0 Å². The minimum Gasteiger partial charge on any atom is -0.481 e. The number of aryl methyl sites for hydroxylation is 1. The standard InChI is InChI=1S/C24H27N3O4/c28-23(29)14-18-3-4-19-7-8-22(15-21(19)13-18)26-24(30)20-5-1-17(2-6-20)16-25-27-9-11-31-12-10-27/h1-2,5-8,15-16,18H,3-4,9-14H2,(H,26,30)(H,28,29). The number of carbonyl (C=O) groups excluding carboxylic acids is 1. The van der Waals surface area contributed by atoms with Crippen LogP contribution in [0.25, 0.3) is 0 Å². The zero-order chi connectivity index (χ0) is 21.6. The Kier molecular flexibility index (Phi) is 6.62. The van der Waals surface area contributed by atoms with Crippen LogP contribution in [0.1, 0.15) is 39.9 Å². The first-order valence-electron chi connectivity index (χ1n) is 10.7. The van der Waals surface area contributed by atoms with Crippen molar-refractivity contribution in [3.8, 4) is 0 Å². The third-order valence-electron chi connectivity index (χ3n) is 5.79. The molecular formula is C24H27N3O4. The molecule has 2 N–H and O–H groups in total. The summed E-state index contributed by atoms with van der Waals surface area (Å²) in [6.07, 6.45) is 4.50. The molecule has 0 radical (unpaired) electrons. The van der Waals surface area contributed by atoms with Crippen LogP contribution in [-0.4, -0.2) is 54.5 Å². The Bertz CT molecular complexity index is 965. The van der Waals surface area contributed by atoms with Gasteiger partial charge < -0.3 is 15.2 Å². The minimum atomic E-state index is -0.753. The molecule has 0 spiro atoms. The van der Waals surface area contributed by atoms with E-state index in [9.17, 15) is 9.59 Å². The third kappa shape index (κ3) is 5.70. The van der Waals surface area contributed by atoms with Crippen molar-refractivity contribution in [2.45, 2.75) is 25.7 Å². The maximum atomic E-state index is 12.7. The van der Waals surface area contributed by atoms with Gasteiger partial charge in [-0.3, -0.25) is 14.6 Å². The van der Waals surface area contributed by atoms with Crippen molar-refractivity contribution >= 4 is 23.8 Å². The first-order chi connectivity index (χ1) is 15.1. The lowest BCUT2D eigenvalue weighted by Crippen LogP contribution is -2.32. The number of hydrogen-bond donors (Lipinski definition) is 2. The number of morpholine rings is 1. The van der Waals surface area contributed by atoms with Gasteiger partial charge in [-0.1, -0.05) is 18.2 Å². The van der Waals surface area contributed by atoms with Gasteiger partial charge in [0.25, 0.3) is 5.91 Å². The first kappa shape index (κ1) is 21.1. The molecule has 7 nitrogen and oxygen atoms in total. The second-order valence-corrected chi connectivity index (χ2v) is 8.08. The number of hydrogen-bond acceptors (Lipinski definition) is 5. The summed E-state index contributed by atoms with van der Waals surface area (Å²) in [5, 5.41) is 18.4. The van der Waals surface area contributed by atoms with Crippen molar-refractivity contribution in [1.82, 2.24) is 5.01 Å². The Labute approximate surface area is 181 Å². The van der Waals surface area contributed by atoms with Gasteiger partial charge in [0.05, 0.1) is 32.5 Å². The summed E-state index contributed by atoms with van der Waals surface area (Å²) in [5.41, 5.74) is 4.61. The highest BCUT2D eigenvalue weighted by Crippen LogP contribution is 2.29.